The number of nitrogens with one attached hydrogen (secondary N) is 2. The lowest BCUT2D eigenvalue weighted by Crippen LogP contribution is -2.21. The normalized spacial score (nSPS) is 12.0. The molecule has 0 saturated carbocycles. The second-order valence-corrected chi connectivity index (χ2v) is 5.29. The third kappa shape index (κ3) is 2.06. The van der Waals surface area contributed by atoms with Crippen LogP contribution in [0.2, 0.25) is 0 Å². The van der Waals surface area contributed by atoms with Crippen molar-refractivity contribution < 1.29 is 0 Å². The molecule has 2 aromatic rings. The average Bonchev–Trinajstić information content (AvgIpc) is 2.77. The van der Waals surface area contributed by atoms with Gasteiger partial charge in [0.2, 0.25) is 0 Å². The number of rotatable bonds is 3. The Morgan fingerprint density at radius 1 is 1.19 bits per heavy atom. The molecule has 0 atom stereocenters. The molecule has 0 unspecified atom stereocenters. The maximum atomic E-state index is 3.36. The Morgan fingerprint density at radius 2 is 1.94 bits per heavy atom. The zero-order chi connectivity index (χ0) is 11.8. The quantitative estimate of drug-likeness (QED) is 0.787. The zero-order valence-electron chi connectivity index (χ0n) is 10.5. The summed E-state index contributed by atoms with van der Waals surface area (Å²) in [6.07, 6.45) is 5.12. The lowest BCUT2D eigenvalue weighted by molar-refractivity contribution is 0.501. The van der Waals surface area contributed by atoms with E-state index in [2.05, 4.69) is 56.0 Å². The van der Waals surface area contributed by atoms with Crippen molar-refractivity contribution in [2.45, 2.75) is 39.5 Å². The largest absolute Gasteiger partial charge is 0.365 e. The van der Waals surface area contributed by atoms with Crippen molar-refractivity contribution in [2.75, 3.05) is 0 Å². The second-order valence-electron chi connectivity index (χ2n) is 5.29. The molecule has 16 heavy (non-hydrogen) atoms. The van der Waals surface area contributed by atoms with Gasteiger partial charge in [0.15, 0.2) is 0 Å². The van der Waals surface area contributed by atoms with Gasteiger partial charge in [0.25, 0.3) is 0 Å². The van der Waals surface area contributed by atoms with Crippen LogP contribution in [0.3, 0.4) is 0 Å². The van der Waals surface area contributed by atoms with Crippen LogP contribution in [0.25, 0.3) is 0 Å². The molecular formula is C14H20N2. The topological polar surface area (TPSA) is 31.6 Å². The molecule has 2 aromatic heterocycles. The van der Waals surface area contributed by atoms with E-state index in [9.17, 15) is 0 Å². The number of H-pyrrole nitrogens is 2. The summed E-state index contributed by atoms with van der Waals surface area (Å²) in [4.78, 5) is 6.69. The molecule has 0 saturated heterocycles. The van der Waals surface area contributed by atoms with E-state index in [-0.39, 0.29) is 5.41 Å². The van der Waals surface area contributed by atoms with Crippen molar-refractivity contribution in [3.05, 3.63) is 47.0 Å². The first kappa shape index (κ1) is 11.1. The fourth-order valence-electron chi connectivity index (χ4n) is 2.10. The van der Waals surface area contributed by atoms with Gasteiger partial charge in [-0.15, -0.1) is 0 Å². The first-order valence-corrected chi connectivity index (χ1v) is 5.77. The lowest BCUT2D eigenvalue weighted by Gasteiger charge is -2.23. The van der Waals surface area contributed by atoms with Gasteiger partial charge in [-0.2, -0.15) is 0 Å². The van der Waals surface area contributed by atoms with Crippen molar-refractivity contribution in [3.63, 3.8) is 0 Å². The molecule has 2 heteroatoms. The SMILES string of the molecule is Cc1c[nH]c(C(C)(C)Cc2[nH]ccc2C)c1. The van der Waals surface area contributed by atoms with Crippen molar-refractivity contribution in [1.29, 1.82) is 0 Å². The first-order valence-electron chi connectivity index (χ1n) is 5.77. The Morgan fingerprint density at radius 3 is 2.44 bits per heavy atom. The molecule has 2 rings (SSSR count). The molecule has 0 fully saturated rings. The summed E-state index contributed by atoms with van der Waals surface area (Å²) in [5.41, 5.74) is 5.42. The van der Waals surface area contributed by atoms with E-state index in [1.165, 1.54) is 22.5 Å². The average molecular weight is 216 g/mol. The molecule has 0 aliphatic rings. The van der Waals surface area contributed by atoms with Gasteiger partial charge in [-0.25, -0.2) is 0 Å². The number of hydrogen-bond donors (Lipinski definition) is 2. The molecule has 2 heterocycles. The van der Waals surface area contributed by atoms with Crippen molar-refractivity contribution in [3.8, 4) is 0 Å². The smallest absolute Gasteiger partial charge is 0.0211 e. The van der Waals surface area contributed by atoms with Gasteiger partial charge in [0.05, 0.1) is 0 Å². The standard InChI is InChI=1S/C14H20N2/c1-10-7-13(16-9-10)14(3,4)8-12-11(2)5-6-15-12/h5-7,9,15-16H,8H2,1-4H3. The molecule has 2 nitrogen and oxygen atoms in total. The highest BCUT2D eigenvalue weighted by Gasteiger charge is 2.23. The number of aromatic amines is 2. The van der Waals surface area contributed by atoms with Gasteiger partial charge in [-0.05, 0) is 43.5 Å². The summed E-state index contributed by atoms with van der Waals surface area (Å²) in [5, 5.41) is 0. The summed E-state index contributed by atoms with van der Waals surface area (Å²) >= 11 is 0. The minimum Gasteiger partial charge on any atom is -0.365 e. The molecule has 0 aliphatic carbocycles. The molecule has 0 aliphatic heterocycles. The molecule has 0 bridgehead atoms. The fourth-order valence-corrected chi connectivity index (χ4v) is 2.10. The van der Waals surface area contributed by atoms with Crippen LogP contribution in [0.5, 0.6) is 0 Å². The van der Waals surface area contributed by atoms with Crippen LogP contribution in [0.15, 0.2) is 24.5 Å². The molecule has 0 aromatic carbocycles. The molecule has 2 N–H and O–H groups in total. The summed E-state index contributed by atoms with van der Waals surface area (Å²) in [7, 11) is 0. The molecule has 0 radical (unpaired) electrons. The third-order valence-electron chi connectivity index (χ3n) is 3.24. The molecule has 0 spiro atoms. The van der Waals surface area contributed by atoms with Crippen LogP contribution in [0.1, 0.15) is 36.4 Å². The summed E-state index contributed by atoms with van der Waals surface area (Å²) in [5.74, 6) is 0. The highest BCUT2D eigenvalue weighted by Crippen LogP contribution is 2.27. The van der Waals surface area contributed by atoms with E-state index in [0.717, 1.165) is 6.42 Å². The summed E-state index contributed by atoms with van der Waals surface area (Å²) in [6.45, 7) is 8.83. The van der Waals surface area contributed by atoms with Crippen LogP contribution in [0, 0.1) is 13.8 Å². The second kappa shape index (κ2) is 3.85. The van der Waals surface area contributed by atoms with Gasteiger partial charge in [-0.3, -0.25) is 0 Å². The van der Waals surface area contributed by atoms with Gasteiger partial charge >= 0.3 is 0 Å². The fraction of sp³-hybridized carbons (Fsp3) is 0.429. The number of aromatic nitrogens is 2. The molecular weight excluding hydrogens is 196 g/mol. The monoisotopic (exact) mass is 216 g/mol. The van der Waals surface area contributed by atoms with E-state index < -0.39 is 0 Å². The van der Waals surface area contributed by atoms with E-state index in [1.807, 2.05) is 6.20 Å². The van der Waals surface area contributed by atoms with Crippen molar-refractivity contribution in [1.82, 2.24) is 9.97 Å². The van der Waals surface area contributed by atoms with Gasteiger partial charge in [0.1, 0.15) is 0 Å². The highest BCUT2D eigenvalue weighted by atomic mass is 14.7. The minimum atomic E-state index is 0.143. The van der Waals surface area contributed by atoms with Crippen LogP contribution >= 0.6 is 0 Å². The Hall–Kier alpha value is -1.44. The van der Waals surface area contributed by atoms with Crippen LogP contribution < -0.4 is 0 Å². The maximum absolute atomic E-state index is 3.36. The van der Waals surface area contributed by atoms with Gasteiger partial charge in [0, 0.05) is 29.2 Å². The van der Waals surface area contributed by atoms with E-state index in [4.69, 9.17) is 0 Å². The van der Waals surface area contributed by atoms with Crippen LogP contribution in [-0.2, 0) is 11.8 Å². The minimum absolute atomic E-state index is 0.143. The Bertz CT molecular complexity index is 474. The third-order valence-corrected chi connectivity index (χ3v) is 3.24. The lowest BCUT2D eigenvalue weighted by atomic mass is 9.83. The van der Waals surface area contributed by atoms with E-state index in [0.29, 0.717) is 0 Å². The number of aryl methyl sites for hydroxylation is 2. The summed E-state index contributed by atoms with van der Waals surface area (Å²) < 4.78 is 0. The Kier molecular flexibility index (Phi) is 2.66. The first-order chi connectivity index (χ1) is 7.49. The van der Waals surface area contributed by atoms with E-state index >= 15 is 0 Å². The van der Waals surface area contributed by atoms with Crippen molar-refractivity contribution in [2.24, 2.45) is 0 Å². The van der Waals surface area contributed by atoms with Crippen molar-refractivity contribution >= 4 is 0 Å². The number of hydrogen-bond acceptors (Lipinski definition) is 0. The predicted octanol–water partition coefficient (Wildman–Crippen LogP) is 3.48. The molecule has 0 amide bonds. The Balaban J connectivity index is 2.23. The van der Waals surface area contributed by atoms with Gasteiger partial charge < -0.3 is 9.97 Å². The van der Waals surface area contributed by atoms with Crippen LogP contribution in [-0.4, -0.2) is 9.97 Å². The Labute approximate surface area is 97.1 Å². The summed E-state index contributed by atoms with van der Waals surface area (Å²) in [6, 6.07) is 4.36. The van der Waals surface area contributed by atoms with Gasteiger partial charge in [-0.1, -0.05) is 13.8 Å². The zero-order valence-corrected chi connectivity index (χ0v) is 10.5. The molecule has 86 valence electrons. The van der Waals surface area contributed by atoms with E-state index in [1.54, 1.807) is 0 Å². The highest BCUT2D eigenvalue weighted by molar-refractivity contribution is 5.27. The maximum Gasteiger partial charge on any atom is 0.0211 e. The predicted molar refractivity (Wildman–Crippen MR) is 67.8 cm³/mol. The van der Waals surface area contributed by atoms with Crippen LogP contribution in [0.4, 0.5) is 0 Å².